The van der Waals surface area contributed by atoms with Crippen LogP contribution in [-0.4, -0.2) is 48.6 Å². The second kappa shape index (κ2) is 7.23. The van der Waals surface area contributed by atoms with Crippen molar-refractivity contribution in [3.63, 3.8) is 0 Å². The third kappa shape index (κ3) is 6.90. The Labute approximate surface area is 90.5 Å². The number of aliphatic carboxylic acids is 1. The summed E-state index contributed by atoms with van der Waals surface area (Å²) in [5.41, 5.74) is 0. The predicted octanol–water partition coefficient (Wildman–Crippen LogP) is 0.308. The van der Waals surface area contributed by atoms with Crippen molar-refractivity contribution in [1.29, 1.82) is 0 Å². The molecule has 88 valence electrons. The highest BCUT2D eigenvalue weighted by atomic mass is 16.4. The predicted molar refractivity (Wildman–Crippen MR) is 57.6 cm³/mol. The van der Waals surface area contributed by atoms with Crippen LogP contribution in [0.1, 0.15) is 26.2 Å². The molecule has 1 amide bonds. The molecule has 0 aliphatic heterocycles. The Balaban J connectivity index is 3.94. The van der Waals surface area contributed by atoms with E-state index >= 15 is 0 Å². The molecule has 0 bridgehead atoms. The molecule has 0 fully saturated rings. The lowest BCUT2D eigenvalue weighted by Crippen LogP contribution is -2.41. The van der Waals surface area contributed by atoms with E-state index in [1.807, 2.05) is 25.9 Å². The minimum absolute atomic E-state index is 0.204. The molecule has 0 rings (SSSR count). The monoisotopic (exact) mass is 216 g/mol. The molecule has 0 radical (unpaired) electrons. The highest BCUT2D eigenvalue weighted by molar-refractivity contribution is 5.83. The van der Waals surface area contributed by atoms with E-state index < -0.39 is 12.0 Å². The molecule has 0 aromatic heterocycles. The molecule has 0 aliphatic carbocycles. The number of hydrogen-bond acceptors (Lipinski definition) is 3. The number of nitrogens with zero attached hydrogens (tertiary/aromatic N) is 1. The quantitative estimate of drug-likeness (QED) is 0.642. The Kier molecular flexibility index (Phi) is 6.70. The molecule has 1 atom stereocenters. The largest absolute Gasteiger partial charge is 0.480 e. The summed E-state index contributed by atoms with van der Waals surface area (Å²) >= 11 is 0. The van der Waals surface area contributed by atoms with Gasteiger partial charge in [-0.25, -0.2) is 4.79 Å². The summed E-state index contributed by atoms with van der Waals surface area (Å²) < 4.78 is 0. The zero-order chi connectivity index (χ0) is 11.8. The van der Waals surface area contributed by atoms with Crippen molar-refractivity contribution < 1.29 is 14.7 Å². The third-order valence-corrected chi connectivity index (χ3v) is 2.00. The Bertz CT molecular complexity index is 217. The normalized spacial score (nSPS) is 12.5. The molecule has 0 saturated heterocycles. The van der Waals surface area contributed by atoms with Gasteiger partial charge in [-0.15, -0.1) is 0 Å². The van der Waals surface area contributed by atoms with E-state index in [9.17, 15) is 9.59 Å². The number of carbonyl (C=O) groups is 2. The van der Waals surface area contributed by atoms with Gasteiger partial charge in [0.15, 0.2) is 0 Å². The maximum Gasteiger partial charge on any atom is 0.326 e. The highest BCUT2D eigenvalue weighted by Crippen LogP contribution is 1.97. The Morgan fingerprint density at radius 2 is 2.00 bits per heavy atom. The van der Waals surface area contributed by atoms with Gasteiger partial charge in [0.2, 0.25) is 5.91 Å². The first-order valence-electron chi connectivity index (χ1n) is 5.14. The molecule has 5 nitrogen and oxygen atoms in total. The van der Waals surface area contributed by atoms with Gasteiger partial charge in [0, 0.05) is 13.0 Å². The van der Waals surface area contributed by atoms with Crippen LogP contribution >= 0.6 is 0 Å². The van der Waals surface area contributed by atoms with Gasteiger partial charge in [0.25, 0.3) is 0 Å². The van der Waals surface area contributed by atoms with Crippen molar-refractivity contribution in [3.05, 3.63) is 0 Å². The summed E-state index contributed by atoms with van der Waals surface area (Å²) in [6.45, 7) is 2.52. The molecule has 2 N–H and O–H groups in total. The van der Waals surface area contributed by atoms with Crippen molar-refractivity contribution in [2.75, 3.05) is 20.6 Å². The van der Waals surface area contributed by atoms with E-state index in [1.165, 1.54) is 0 Å². The number of carboxylic acids is 1. The third-order valence-electron chi connectivity index (χ3n) is 2.00. The van der Waals surface area contributed by atoms with E-state index in [4.69, 9.17) is 5.11 Å². The zero-order valence-electron chi connectivity index (χ0n) is 9.62. The molecule has 5 heteroatoms. The van der Waals surface area contributed by atoms with E-state index in [2.05, 4.69) is 5.32 Å². The van der Waals surface area contributed by atoms with Gasteiger partial charge in [-0.2, -0.15) is 0 Å². The lowest BCUT2D eigenvalue weighted by molar-refractivity contribution is -0.142. The number of carbonyl (C=O) groups excluding carboxylic acids is 1. The van der Waals surface area contributed by atoms with Crippen molar-refractivity contribution in [3.8, 4) is 0 Å². The molecular weight excluding hydrogens is 196 g/mol. The van der Waals surface area contributed by atoms with Crippen LogP contribution in [0.4, 0.5) is 0 Å². The fourth-order valence-corrected chi connectivity index (χ4v) is 1.14. The maximum atomic E-state index is 11.3. The Morgan fingerprint density at radius 3 is 2.40 bits per heavy atom. The molecule has 0 heterocycles. The summed E-state index contributed by atoms with van der Waals surface area (Å²) in [6.07, 6.45) is 1.55. The van der Waals surface area contributed by atoms with Gasteiger partial charge in [-0.1, -0.05) is 13.3 Å². The lowest BCUT2D eigenvalue weighted by atomic mass is 10.1. The Hall–Kier alpha value is -1.10. The molecule has 15 heavy (non-hydrogen) atoms. The standard InChI is InChI=1S/C10H20N2O3/c1-4-5-8(10(14)15)11-9(13)6-7-12(2)3/h8H,4-7H2,1-3H3,(H,11,13)(H,14,15). The van der Waals surface area contributed by atoms with E-state index in [1.54, 1.807) is 0 Å². The number of amides is 1. The summed E-state index contributed by atoms with van der Waals surface area (Å²) in [5.74, 6) is -1.17. The van der Waals surface area contributed by atoms with E-state index in [-0.39, 0.29) is 5.91 Å². The molecule has 0 aromatic rings. The first-order valence-corrected chi connectivity index (χ1v) is 5.14. The molecular formula is C10H20N2O3. The van der Waals surface area contributed by atoms with Gasteiger partial charge in [-0.05, 0) is 20.5 Å². The molecule has 0 aliphatic rings. The van der Waals surface area contributed by atoms with Crippen LogP contribution in [0.2, 0.25) is 0 Å². The second-order valence-electron chi connectivity index (χ2n) is 3.80. The minimum atomic E-state index is -0.963. The van der Waals surface area contributed by atoms with Crippen LogP contribution in [0.25, 0.3) is 0 Å². The van der Waals surface area contributed by atoms with Crippen LogP contribution < -0.4 is 5.32 Å². The SMILES string of the molecule is CCCC(NC(=O)CCN(C)C)C(=O)O. The first-order chi connectivity index (χ1) is 6.97. The second-order valence-corrected chi connectivity index (χ2v) is 3.80. The number of carboxylic acid groups (broad SMARTS) is 1. The van der Waals surface area contributed by atoms with Gasteiger partial charge in [0.05, 0.1) is 0 Å². The van der Waals surface area contributed by atoms with Gasteiger partial charge >= 0.3 is 5.97 Å². The van der Waals surface area contributed by atoms with Crippen molar-refractivity contribution in [1.82, 2.24) is 10.2 Å². The number of nitrogens with one attached hydrogen (secondary N) is 1. The topological polar surface area (TPSA) is 69.6 Å². The highest BCUT2D eigenvalue weighted by Gasteiger charge is 2.18. The summed E-state index contributed by atoms with van der Waals surface area (Å²) in [7, 11) is 3.74. The van der Waals surface area contributed by atoms with Crippen LogP contribution in [0.3, 0.4) is 0 Å². The fraction of sp³-hybridized carbons (Fsp3) is 0.800. The van der Waals surface area contributed by atoms with Gasteiger partial charge in [0.1, 0.15) is 6.04 Å². The van der Waals surface area contributed by atoms with Gasteiger partial charge < -0.3 is 15.3 Å². The molecule has 0 saturated carbocycles. The fourth-order valence-electron chi connectivity index (χ4n) is 1.14. The molecule has 0 spiro atoms. The number of hydrogen-bond donors (Lipinski definition) is 2. The van der Waals surface area contributed by atoms with E-state index in [0.29, 0.717) is 19.4 Å². The van der Waals surface area contributed by atoms with Crippen molar-refractivity contribution in [2.45, 2.75) is 32.2 Å². The summed E-state index contributed by atoms with van der Waals surface area (Å²) in [5, 5.41) is 11.3. The number of rotatable bonds is 7. The lowest BCUT2D eigenvalue weighted by Gasteiger charge is -2.14. The zero-order valence-corrected chi connectivity index (χ0v) is 9.62. The van der Waals surface area contributed by atoms with Crippen LogP contribution in [0.15, 0.2) is 0 Å². The van der Waals surface area contributed by atoms with Crippen LogP contribution in [0.5, 0.6) is 0 Å². The minimum Gasteiger partial charge on any atom is -0.480 e. The molecule has 0 aromatic carbocycles. The summed E-state index contributed by atoms with van der Waals surface area (Å²) in [6, 6.07) is -0.746. The smallest absolute Gasteiger partial charge is 0.326 e. The van der Waals surface area contributed by atoms with Crippen LogP contribution in [0, 0.1) is 0 Å². The molecule has 1 unspecified atom stereocenters. The first kappa shape index (κ1) is 13.9. The van der Waals surface area contributed by atoms with Crippen molar-refractivity contribution in [2.24, 2.45) is 0 Å². The van der Waals surface area contributed by atoms with Crippen molar-refractivity contribution >= 4 is 11.9 Å². The average Bonchev–Trinajstić information content (AvgIpc) is 2.14. The Morgan fingerprint density at radius 1 is 1.40 bits per heavy atom. The summed E-state index contributed by atoms with van der Waals surface area (Å²) in [4.78, 5) is 24.0. The average molecular weight is 216 g/mol. The van der Waals surface area contributed by atoms with E-state index in [0.717, 1.165) is 6.42 Å². The van der Waals surface area contributed by atoms with Gasteiger partial charge in [-0.3, -0.25) is 4.79 Å². The maximum absolute atomic E-state index is 11.3. The van der Waals surface area contributed by atoms with Crippen LogP contribution in [-0.2, 0) is 9.59 Å².